The molecule has 2 heteroatoms. The van der Waals surface area contributed by atoms with E-state index < -0.39 is 0 Å². The number of ether oxygens (including phenoxy) is 1. The molecular formula is C11H16O2. The summed E-state index contributed by atoms with van der Waals surface area (Å²) >= 11 is 0. The van der Waals surface area contributed by atoms with Gasteiger partial charge >= 0.3 is 0 Å². The molecule has 0 heterocycles. The summed E-state index contributed by atoms with van der Waals surface area (Å²) in [6, 6.07) is 0. The van der Waals surface area contributed by atoms with Crippen LogP contribution in [0.5, 0.6) is 0 Å². The third kappa shape index (κ3) is 1.68. The molecule has 0 unspecified atom stereocenters. The number of methoxy groups -OCH3 is 1. The van der Waals surface area contributed by atoms with Crippen molar-refractivity contribution in [1.29, 1.82) is 0 Å². The number of carbonyl (C=O) groups is 1. The molecule has 72 valence electrons. The largest absolute Gasteiger partial charge is 0.377 e. The lowest BCUT2D eigenvalue weighted by Gasteiger charge is -2.10. The molecule has 0 N–H and O–H groups in total. The van der Waals surface area contributed by atoms with E-state index in [1.807, 2.05) is 6.08 Å². The molecule has 0 saturated heterocycles. The van der Waals surface area contributed by atoms with Crippen molar-refractivity contribution in [2.24, 2.45) is 5.92 Å². The third-order valence-corrected chi connectivity index (χ3v) is 3.15. The SMILES string of the molecule is CO[C@H]1C=C2C(=O)CCCC[C@@H]2C1. The molecule has 2 aliphatic carbocycles. The van der Waals surface area contributed by atoms with Crippen molar-refractivity contribution < 1.29 is 9.53 Å². The van der Waals surface area contributed by atoms with Gasteiger partial charge in [-0.25, -0.2) is 0 Å². The number of ketones is 1. The van der Waals surface area contributed by atoms with Crippen molar-refractivity contribution in [1.82, 2.24) is 0 Å². The Morgan fingerprint density at radius 1 is 1.46 bits per heavy atom. The number of allylic oxidation sites excluding steroid dienone is 1. The van der Waals surface area contributed by atoms with Crippen LogP contribution in [0.15, 0.2) is 11.6 Å². The van der Waals surface area contributed by atoms with Gasteiger partial charge in [0, 0.05) is 13.5 Å². The fraction of sp³-hybridized carbons (Fsp3) is 0.727. The van der Waals surface area contributed by atoms with Gasteiger partial charge in [-0.1, -0.05) is 6.42 Å². The minimum atomic E-state index is 0.196. The van der Waals surface area contributed by atoms with Crippen LogP contribution in [-0.4, -0.2) is 19.0 Å². The maximum Gasteiger partial charge on any atom is 0.158 e. The van der Waals surface area contributed by atoms with E-state index in [2.05, 4.69) is 0 Å². The smallest absolute Gasteiger partial charge is 0.158 e. The molecule has 0 radical (unpaired) electrons. The molecule has 0 aromatic heterocycles. The molecule has 0 amide bonds. The summed E-state index contributed by atoms with van der Waals surface area (Å²) in [7, 11) is 1.72. The van der Waals surface area contributed by atoms with E-state index in [0.29, 0.717) is 11.7 Å². The van der Waals surface area contributed by atoms with Crippen molar-refractivity contribution in [3.63, 3.8) is 0 Å². The average Bonchev–Trinajstić information content (AvgIpc) is 2.48. The molecule has 2 rings (SSSR count). The number of carbonyl (C=O) groups excluding carboxylic acids is 1. The predicted octanol–water partition coefficient (Wildman–Crippen LogP) is 2.09. The average molecular weight is 180 g/mol. The second-order valence-electron chi connectivity index (χ2n) is 4.00. The minimum absolute atomic E-state index is 0.196. The highest BCUT2D eigenvalue weighted by molar-refractivity contribution is 5.96. The van der Waals surface area contributed by atoms with Crippen LogP contribution in [0.25, 0.3) is 0 Å². The zero-order chi connectivity index (χ0) is 9.26. The molecule has 1 saturated carbocycles. The van der Waals surface area contributed by atoms with E-state index in [1.54, 1.807) is 7.11 Å². The zero-order valence-electron chi connectivity index (χ0n) is 8.08. The van der Waals surface area contributed by atoms with E-state index in [1.165, 1.54) is 12.8 Å². The van der Waals surface area contributed by atoms with E-state index in [4.69, 9.17) is 4.74 Å². The maximum absolute atomic E-state index is 11.6. The predicted molar refractivity (Wildman–Crippen MR) is 50.5 cm³/mol. The lowest BCUT2D eigenvalue weighted by atomic mass is 9.96. The normalized spacial score (nSPS) is 33.9. The van der Waals surface area contributed by atoms with Crippen molar-refractivity contribution in [3.8, 4) is 0 Å². The maximum atomic E-state index is 11.6. The first-order valence-electron chi connectivity index (χ1n) is 5.09. The molecule has 0 bridgehead atoms. The van der Waals surface area contributed by atoms with Gasteiger partial charge in [0.2, 0.25) is 0 Å². The van der Waals surface area contributed by atoms with Gasteiger partial charge in [0.15, 0.2) is 5.78 Å². The Kier molecular flexibility index (Phi) is 2.49. The summed E-state index contributed by atoms with van der Waals surface area (Å²) < 4.78 is 5.26. The zero-order valence-corrected chi connectivity index (χ0v) is 8.08. The minimum Gasteiger partial charge on any atom is -0.377 e. The van der Waals surface area contributed by atoms with Gasteiger partial charge in [0.05, 0.1) is 6.10 Å². The van der Waals surface area contributed by atoms with Gasteiger partial charge in [-0.2, -0.15) is 0 Å². The van der Waals surface area contributed by atoms with Crippen LogP contribution in [-0.2, 0) is 9.53 Å². The van der Waals surface area contributed by atoms with Crippen LogP contribution in [0.4, 0.5) is 0 Å². The first kappa shape index (κ1) is 8.95. The molecule has 13 heavy (non-hydrogen) atoms. The highest BCUT2D eigenvalue weighted by Gasteiger charge is 2.31. The monoisotopic (exact) mass is 180 g/mol. The highest BCUT2D eigenvalue weighted by Crippen LogP contribution is 2.35. The Morgan fingerprint density at radius 3 is 3.08 bits per heavy atom. The number of hydrogen-bond donors (Lipinski definition) is 0. The molecular weight excluding hydrogens is 164 g/mol. The van der Waals surface area contributed by atoms with Crippen molar-refractivity contribution in [2.45, 2.75) is 38.2 Å². The van der Waals surface area contributed by atoms with Crippen LogP contribution < -0.4 is 0 Å². The van der Waals surface area contributed by atoms with Gasteiger partial charge in [-0.3, -0.25) is 4.79 Å². The Labute approximate surface area is 79.0 Å². The van der Waals surface area contributed by atoms with Gasteiger partial charge < -0.3 is 4.74 Å². The molecule has 1 fully saturated rings. The first-order chi connectivity index (χ1) is 6.31. The molecule has 2 atom stereocenters. The van der Waals surface area contributed by atoms with E-state index >= 15 is 0 Å². The number of rotatable bonds is 1. The van der Waals surface area contributed by atoms with Crippen molar-refractivity contribution in [2.75, 3.05) is 7.11 Å². The van der Waals surface area contributed by atoms with Gasteiger partial charge in [0.25, 0.3) is 0 Å². The Hall–Kier alpha value is -0.630. The molecule has 2 aliphatic rings. The van der Waals surface area contributed by atoms with Crippen molar-refractivity contribution in [3.05, 3.63) is 11.6 Å². The summed E-state index contributed by atoms with van der Waals surface area (Å²) in [6.45, 7) is 0. The molecule has 2 nitrogen and oxygen atoms in total. The summed E-state index contributed by atoms with van der Waals surface area (Å²) in [5.41, 5.74) is 1.06. The third-order valence-electron chi connectivity index (χ3n) is 3.15. The Balaban J connectivity index is 2.17. The van der Waals surface area contributed by atoms with Crippen LogP contribution in [0.2, 0.25) is 0 Å². The van der Waals surface area contributed by atoms with Gasteiger partial charge in [0.1, 0.15) is 0 Å². The number of fused-ring (bicyclic) bond motifs is 1. The van der Waals surface area contributed by atoms with Gasteiger partial charge in [-0.15, -0.1) is 0 Å². The second-order valence-corrected chi connectivity index (χ2v) is 4.00. The number of Topliss-reactive ketones (excluding diaryl/α,β-unsaturated/α-hetero) is 1. The Morgan fingerprint density at radius 2 is 2.31 bits per heavy atom. The molecule has 0 spiro atoms. The van der Waals surface area contributed by atoms with E-state index in [0.717, 1.165) is 24.8 Å². The Bertz CT molecular complexity index is 242. The topological polar surface area (TPSA) is 26.3 Å². The van der Waals surface area contributed by atoms with Crippen LogP contribution in [0, 0.1) is 5.92 Å². The van der Waals surface area contributed by atoms with E-state index in [-0.39, 0.29) is 6.10 Å². The van der Waals surface area contributed by atoms with Gasteiger partial charge in [-0.05, 0) is 36.8 Å². The molecule has 0 aromatic carbocycles. The number of hydrogen-bond acceptors (Lipinski definition) is 2. The summed E-state index contributed by atoms with van der Waals surface area (Å²) in [5, 5.41) is 0. The van der Waals surface area contributed by atoms with Crippen molar-refractivity contribution >= 4 is 5.78 Å². The summed E-state index contributed by atoms with van der Waals surface area (Å²) in [5.74, 6) is 0.863. The van der Waals surface area contributed by atoms with E-state index in [9.17, 15) is 4.79 Å². The summed E-state index contributed by atoms with van der Waals surface area (Å²) in [4.78, 5) is 11.6. The molecule has 0 aromatic rings. The van der Waals surface area contributed by atoms with Crippen LogP contribution >= 0.6 is 0 Å². The molecule has 0 aliphatic heterocycles. The van der Waals surface area contributed by atoms with Crippen LogP contribution in [0.3, 0.4) is 0 Å². The van der Waals surface area contributed by atoms with Crippen LogP contribution in [0.1, 0.15) is 32.1 Å². The standard InChI is InChI=1S/C11H16O2/c1-13-9-6-8-4-2-3-5-11(12)10(8)7-9/h7-9H,2-6H2,1H3/t8-,9-/m1/s1. The highest BCUT2D eigenvalue weighted by atomic mass is 16.5. The lowest BCUT2D eigenvalue weighted by molar-refractivity contribution is -0.115. The quantitative estimate of drug-likeness (QED) is 0.617. The lowest BCUT2D eigenvalue weighted by Crippen LogP contribution is -2.07. The fourth-order valence-electron chi connectivity index (χ4n) is 2.39. The first-order valence-corrected chi connectivity index (χ1v) is 5.09. The fourth-order valence-corrected chi connectivity index (χ4v) is 2.39. The summed E-state index contributed by atoms with van der Waals surface area (Å²) in [6.07, 6.45) is 7.46. The second kappa shape index (κ2) is 3.62.